The summed E-state index contributed by atoms with van der Waals surface area (Å²) in [5, 5.41) is 3.35. The first-order valence-corrected chi connectivity index (χ1v) is 13.2. The first kappa shape index (κ1) is 25.9. The summed E-state index contributed by atoms with van der Waals surface area (Å²) in [6.45, 7) is 7.43. The molecule has 0 bridgehead atoms. The van der Waals surface area contributed by atoms with Crippen LogP contribution in [0, 0.1) is 6.92 Å². The second kappa shape index (κ2) is 12.1. The van der Waals surface area contributed by atoms with Gasteiger partial charge in [-0.2, -0.15) is 0 Å². The average Bonchev–Trinajstić information content (AvgIpc) is 3.18. The molecule has 6 nitrogen and oxygen atoms in total. The number of aliphatic imine (C=N–C) groups is 1. The Morgan fingerprint density at radius 2 is 1.78 bits per heavy atom. The van der Waals surface area contributed by atoms with E-state index >= 15 is 0 Å². The van der Waals surface area contributed by atoms with Gasteiger partial charge in [0, 0.05) is 0 Å². The Hall–Kier alpha value is -3.23. The fourth-order valence-corrected chi connectivity index (χ4v) is 4.98. The molecule has 1 fully saturated rings. The number of hydrogen-bond donors (Lipinski definition) is 1. The second-order valence-corrected chi connectivity index (χ2v) is 9.83. The quantitative estimate of drug-likeness (QED) is 0.282. The van der Waals surface area contributed by atoms with Gasteiger partial charge in [-0.25, -0.2) is 4.99 Å². The summed E-state index contributed by atoms with van der Waals surface area (Å²) in [6, 6.07) is 19.4. The Balaban J connectivity index is 1.52. The van der Waals surface area contributed by atoms with Crippen molar-refractivity contribution in [1.82, 2.24) is 5.32 Å². The summed E-state index contributed by atoms with van der Waals surface area (Å²) < 4.78 is 18.2. The van der Waals surface area contributed by atoms with Crippen molar-refractivity contribution in [3.8, 4) is 17.2 Å². The van der Waals surface area contributed by atoms with Gasteiger partial charge in [-0.1, -0.05) is 29.8 Å². The molecule has 0 radical (unpaired) electrons. The van der Waals surface area contributed by atoms with Crippen LogP contribution in [0.4, 0.5) is 5.69 Å². The maximum atomic E-state index is 12.6. The van der Waals surface area contributed by atoms with E-state index in [1.165, 1.54) is 17.3 Å². The number of benzene rings is 3. The van der Waals surface area contributed by atoms with Gasteiger partial charge in [-0.3, -0.25) is 4.79 Å². The number of ether oxygens (including phenoxy) is 3. The van der Waals surface area contributed by atoms with Gasteiger partial charge in [-0.05, 0) is 102 Å². The maximum Gasteiger partial charge on any atom is 0.264 e. The number of nitrogens with one attached hydrogen (secondary N) is 1. The van der Waals surface area contributed by atoms with Crippen LogP contribution in [0.15, 0.2) is 75.0 Å². The van der Waals surface area contributed by atoms with E-state index in [0.717, 1.165) is 27.0 Å². The number of hydrogen-bond acceptors (Lipinski definition) is 6. The highest BCUT2D eigenvalue weighted by atomic mass is 79.9. The van der Waals surface area contributed by atoms with Gasteiger partial charge in [0.25, 0.3) is 5.91 Å². The normalized spacial score (nSPS) is 15.3. The molecule has 0 spiro atoms. The van der Waals surface area contributed by atoms with E-state index in [-0.39, 0.29) is 5.91 Å². The monoisotopic (exact) mass is 566 g/mol. The van der Waals surface area contributed by atoms with Crippen molar-refractivity contribution in [1.29, 1.82) is 0 Å². The zero-order valence-electron chi connectivity index (χ0n) is 20.3. The molecule has 1 amide bonds. The highest BCUT2D eigenvalue weighted by Crippen LogP contribution is 2.39. The molecule has 0 aliphatic carbocycles. The highest BCUT2D eigenvalue weighted by molar-refractivity contribution is 9.10. The number of carbonyl (C=O) groups excluding carboxylic acids is 1. The third-order valence-electron chi connectivity index (χ3n) is 5.12. The Labute approximate surface area is 223 Å². The average molecular weight is 568 g/mol. The van der Waals surface area contributed by atoms with E-state index < -0.39 is 0 Å². The van der Waals surface area contributed by atoms with Gasteiger partial charge in [0.1, 0.15) is 12.4 Å². The summed E-state index contributed by atoms with van der Waals surface area (Å²) in [5.41, 5.74) is 3.81. The Bertz CT molecular complexity index is 1310. The number of carbonyl (C=O) groups is 1. The van der Waals surface area contributed by atoms with E-state index in [1.54, 1.807) is 0 Å². The molecular weight excluding hydrogens is 540 g/mol. The molecule has 3 aromatic rings. The molecule has 1 N–H and O–H groups in total. The van der Waals surface area contributed by atoms with Gasteiger partial charge < -0.3 is 19.5 Å². The number of amidine groups is 1. The van der Waals surface area contributed by atoms with Gasteiger partial charge in [-0.15, -0.1) is 0 Å². The summed E-state index contributed by atoms with van der Waals surface area (Å²) in [4.78, 5) is 17.7. The zero-order valence-corrected chi connectivity index (χ0v) is 22.7. The standard InChI is InChI=1S/C28H27BrN2O4S/c1-4-33-22-11-9-21(10-12-22)30-28-31-27(32)25(36-28)16-20-14-23(29)26(24(15-20)34-5-2)35-17-19-8-6-7-18(3)13-19/h6-16H,4-5,17H2,1-3H3,(H,30,31,32)/b25-16+. The number of thioether (sulfide) groups is 1. The summed E-state index contributed by atoms with van der Waals surface area (Å²) in [7, 11) is 0. The van der Waals surface area contributed by atoms with E-state index in [0.29, 0.717) is 41.4 Å². The predicted molar refractivity (Wildman–Crippen MR) is 149 cm³/mol. The van der Waals surface area contributed by atoms with Crippen molar-refractivity contribution in [2.24, 2.45) is 4.99 Å². The number of aryl methyl sites for hydroxylation is 1. The van der Waals surface area contributed by atoms with E-state index in [1.807, 2.05) is 68.5 Å². The molecule has 1 aliphatic rings. The molecule has 0 atom stereocenters. The molecule has 3 aromatic carbocycles. The van der Waals surface area contributed by atoms with Crippen molar-refractivity contribution in [3.63, 3.8) is 0 Å². The minimum absolute atomic E-state index is 0.196. The summed E-state index contributed by atoms with van der Waals surface area (Å²) >= 11 is 4.91. The molecule has 1 aliphatic heterocycles. The first-order chi connectivity index (χ1) is 17.4. The molecule has 8 heteroatoms. The van der Waals surface area contributed by atoms with Crippen LogP contribution in [0.2, 0.25) is 0 Å². The minimum atomic E-state index is -0.196. The van der Waals surface area contributed by atoms with Crippen LogP contribution < -0.4 is 19.5 Å². The zero-order chi connectivity index (χ0) is 25.5. The third-order valence-corrected chi connectivity index (χ3v) is 6.62. The fraction of sp³-hybridized carbons (Fsp3) is 0.214. The van der Waals surface area contributed by atoms with Crippen LogP contribution in [0.5, 0.6) is 17.2 Å². The van der Waals surface area contributed by atoms with E-state index in [4.69, 9.17) is 14.2 Å². The third kappa shape index (κ3) is 6.71. The lowest BCUT2D eigenvalue weighted by Crippen LogP contribution is -2.19. The van der Waals surface area contributed by atoms with Gasteiger partial charge >= 0.3 is 0 Å². The van der Waals surface area contributed by atoms with Crippen LogP contribution in [-0.2, 0) is 11.4 Å². The molecule has 36 heavy (non-hydrogen) atoms. The Morgan fingerprint density at radius 1 is 1.00 bits per heavy atom. The van der Waals surface area contributed by atoms with Crippen LogP contribution in [-0.4, -0.2) is 24.3 Å². The van der Waals surface area contributed by atoms with E-state index in [9.17, 15) is 4.79 Å². The van der Waals surface area contributed by atoms with Crippen molar-refractivity contribution in [3.05, 3.63) is 86.7 Å². The summed E-state index contributed by atoms with van der Waals surface area (Å²) in [6.07, 6.45) is 1.82. The lowest BCUT2D eigenvalue weighted by atomic mass is 10.1. The van der Waals surface area contributed by atoms with Crippen LogP contribution in [0.1, 0.15) is 30.5 Å². The second-order valence-electron chi connectivity index (χ2n) is 7.95. The van der Waals surface area contributed by atoms with Crippen molar-refractivity contribution >= 4 is 50.5 Å². The molecule has 0 saturated carbocycles. The van der Waals surface area contributed by atoms with Crippen molar-refractivity contribution in [2.45, 2.75) is 27.4 Å². The molecule has 186 valence electrons. The predicted octanol–water partition coefficient (Wildman–Crippen LogP) is 7.03. The Kier molecular flexibility index (Phi) is 8.72. The molecule has 0 aromatic heterocycles. The van der Waals surface area contributed by atoms with Gasteiger partial charge in [0.2, 0.25) is 0 Å². The first-order valence-electron chi connectivity index (χ1n) is 11.6. The van der Waals surface area contributed by atoms with Crippen LogP contribution >= 0.6 is 27.7 Å². The molecule has 1 heterocycles. The lowest BCUT2D eigenvalue weighted by Gasteiger charge is -2.15. The van der Waals surface area contributed by atoms with Crippen molar-refractivity contribution in [2.75, 3.05) is 13.2 Å². The largest absolute Gasteiger partial charge is 0.494 e. The smallest absolute Gasteiger partial charge is 0.264 e. The topological polar surface area (TPSA) is 69.2 Å². The van der Waals surface area contributed by atoms with E-state index in [2.05, 4.69) is 45.3 Å². The van der Waals surface area contributed by atoms with Gasteiger partial charge in [0.05, 0.1) is 28.3 Å². The molecule has 4 rings (SSSR count). The fourth-order valence-electron chi connectivity index (χ4n) is 3.56. The summed E-state index contributed by atoms with van der Waals surface area (Å²) in [5.74, 6) is 1.82. The van der Waals surface area contributed by atoms with Crippen LogP contribution in [0.25, 0.3) is 6.08 Å². The number of rotatable bonds is 9. The number of nitrogens with zero attached hydrogens (tertiary/aromatic N) is 1. The molecule has 0 unspecified atom stereocenters. The molecule has 1 saturated heterocycles. The van der Waals surface area contributed by atoms with Gasteiger partial charge in [0.15, 0.2) is 16.7 Å². The van der Waals surface area contributed by atoms with Crippen molar-refractivity contribution < 1.29 is 19.0 Å². The minimum Gasteiger partial charge on any atom is -0.494 e. The highest BCUT2D eigenvalue weighted by Gasteiger charge is 2.24. The SMILES string of the molecule is CCOc1ccc(N=C2NC(=O)/C(=C\c3cc(Br)c(OCc4cccc(C)c4)c(OCC)c3)S2)cc1. The number of halogens is 1. The Morgan fingerprint density at radius 3 is 2.50 bits per heavy atom. The van der Waals surface area contributed by atoms with Crippen LogP contribution in [0.3, 0.4) is 0 Å². The lowest BCUT2D eigenvalue weighted by molar-refractivity contribution is -0.115. The molecular formula is C28H27BrN2O4S. The number of amides is 1. The maximum absolute atomic E-state index is 12.6.